The zero-order chi connectivity index (χ0) is 19.4. The minimum atomic E-state index is -0.629. The van der Waals surface area contributed by atoms with E-state index < -0.39 is 12.1 Å². The summed E-state index contributed by atoms with van der Waals surface area (Å²) in [5.41, 5.74) is 6.52. The van der Waals surface area contributed by atoms with Gasteiger partial charge in [0.15, 0.2) is 0 Å². The van der Waals surface area contributed by atoms with Crippen LogP contribution in [0, 0.1) is 0 Å². The van der Waals surface area contributed by atoms with E-state index in [0.29, 0.717) is 19.4 Å². The standard InChI is InChI=1S/C18H30N4O2S2/c1-13(2)20-18(24)16(12-14-8-4-3-5-9-14)21-17(23)15(22-26-25)10-6-7-11-19/h3-5,8-9,13,15-16,22,25H,6-7,10-12,19H2,1-2H3,(H,20,24)(H,21,23). The van der Waals surface area contributed by atoms with Crippen molar-refractivity contribution in [2.45, 2.75) is 57.7 Å². The second kappa shape index (κ2) is 13.0. The van der Waals surface area contributed by atoms with Gasteiger partial charge in [0.25, 0.3) is 0 Å². The SMILES string of the molecule is CC(C)NC(=O)C(Cc1ccccc1)NC(=O)C(CCCCN)NSS. The Kier molecular flexibility index (Phi) is 11.4. The van der Waals surface area contributed by atoms with E-state index in [9.17, 15) is 9.59 Å². The Morgan fingerprint density at radius 1 is 1.08 bits per heavy atom. The Morgan fingerprint density at radius 3 is 2.31 bits per heavy atom. The highest BCUT2D eigenvalue weighted by atomic mass is 33.1. The summed E-state index contributed by atoms with van der Waals surface area (Å²) < 4.78 is 2.99. The summed E-state index contributed by atoms with van der Waals surface area (Å²) in [5, 5.41) is 5.77. The van der Waals surface area contributed by atoms with Crippen molar-refractivity contribution >= 4 is 34.5 Å². The van der Waals surface area contributed by atoms with Gasteiger partial charge in [0.2, 0.25) is 11.8 Å². The highest BCUT2D eigenvalue weighted by molar-refractivity contribution is 8.67. The van der Waals surface area contributed by atoms with Crippen molar-refractivity contribution in [1.29, 1.82) is 0 Å². The third kappa shape index (κ3) is 8.93. The van der Waals surface area contributed by atoms with E-state index in [1.807, 2.05) is 44.2 Å². The molecule has 2 unspecified atom stereocenters. The lowest BCUT2D eigenvalue weighted by Gasteiger charge is -2.23. The van der Waals surface area contributed by atoms with Crippen LogP contribution in [0.25, 0.3) is 0 Å². The van der Waals surface area contributed by atoms with Crippen LogP contribution in [-0.4, -0.2) is 36.5 Å². The van der Waals surface area contributed by atoms with Gasteiger partial charge in [0.05, 0.1) is 6.04 Å². The van der Waals surface area contributed by atoms with E-state index in [0.717, 1.165) is 29.4 Å². The summed E-state index contributed by atoms with van der Waals surface area (Å²) in [6.07, 6.45) is 2.76. The Labute approximate surface area is 165 Å². The first-order valence-corrected chi connectivity index (χ1v) is 10.8. The molecule has 6 nitrogen and oxygen atoms in total. The number of hydrogen-bond acceptors (Lipinski definition) is 6. The van der Waals surface area contributed by atoms with E-state index in [1.54, 1.807) is 0 Å². The molecule has 0 bridgehead atoms. The van der Waals surface area contributed by atoms with Crippen LogP contribution in [0.15, 0.2) is 30.3 Å². The molecular weight excluding hydrogens is 368 g/mol. The second-order valence-corrected chi connectivity index (χ2v) is 7.43. The van der Waals surface area contributed by atoms with E-state index in [4.69, 9.17) is 5.73 Å². The van der Waals surface area contributed by atoms with Crippen LogP contribution in [0.4, 0.5) is 0 Å². The monoisotopic (exact) mass is 398 g/mol. The minimum absolute atomic E-state index is 0.00384. The summed E-state index contributed by atoms with van der Waals surface area (Å²) in [6.45, 7) is 4.39. The van der Waals surface area contributed by atoms with Crippen LogP contribution in [0.5, 0.6) is 0 Å². The third-order valence-corrected chi connectivity index (χ3v) is 4.51. The van der Waals surface area contributed by atoms with Crippen molar-refractivity contribution in [2.24, 2.45) is 5.73 Å². The molecule has 0 spiro atoms. The molecule has 0 fully saturated rings. The van der Waals surface area contributed by atoms with E-state index >= 15 is 0 Å². The zero-order valence-electron chi connectivity index (χ0n) is 15.4. The lowest BCUT2D eigenvalue weighted by molar-refractivity contribution is -0.130. The quantitative estimate of drug-likeness (QED) is 0.160. The number of carbonyl (C=O) groups excluding carboxylic acids is 2. The molecule has 8 heteroatoms. The third-order valence-electron chi connectivity index (χ3n) is 3.80. The Morgan fingerprint density at radius 2 is 1.73 bits per heavy atom. The van der Waals surface area contributed by atoms with Crippen LogP contribution in [0.1, 0.15) is 38.7 Å². The molecule has 0 aliphatic heterocycles. The summed E-state index contributed by atoms with van der Waals surface area (Å²) in [5.74, 6) is -0.389. The molecule has 1 aromatic carbocycles. The average molecular weight is 399 g/mol. The van der Waals surface area contributed by atoms with Crippen molar-refractivity contribution in [3.05, 3.63) is 35.9 Å². The fourth-order valence-corrected chi connectivity index (χ4v) is 3.25. The molecule has 0 radical (unpaired) electrons. The molecule has 0 aliphatic rings. The summed E-state index contributed by atoms with van der Waals surface area (Å²) in [4.78, 5) is 25.2. The molecule has 5 N–H and O–H groups in total. The van der Waals surface area contributed by atoms with Gasteiger partial charge in [0, 0.05) is 12.5 Å². The molecule has 26 heavy (non-hydrogen) atoms. The van der Waals surface area contributed by atoms with Gasteiger partial charge in [0.1, 0.15) is 6.04 Å². The van der Waals surface area contributed by atoms with Gasteiger partial charge in [-0.05, 0) is 49.8 Å². The average Bonchev–Trinajstić information content (AvgIpc) is 2.60. The number of nitrogens with one attached hydrogen (secondary N) is 3. The first kappa shape index (κ1) is 22.8. The largest absolute Gasteiger partial charge is 0.352 e. The number of rotatable bonds is 12. The van der Waals surface area contributed by atoms with Crippen LogP contribution >= 0.6 is 22.6 Å². The number of nitrogens with two attached hydrogens (primary N) is 1. The summed E-state index contributed by atoms with van der Waals surface area (Å²) >= 11 is 4.08. The summed E-state index contributed by atoms with van der Waals surface area (Å²) in [6, 6.07) is 8.61. The van der Waals surface area contributed by atoms with Gasteiger partial charge >= 0.3 is 0 Å². The number of amides is 2. The first-order valence-electron chi connectivity index (χ1n) is 8.88. The van der Waals surface area contributed by atoms with E-state index in [2.05, 4.69) is 27.0 Å². The van der Waals surface area contributed by atoms with Crippen LogP contribution in [0.2, 0.25) is 0 Å². The van der Waals surface area contributed by atoms with Gasteiger partial charge in [-0.15, -0.1) is 0 Å². The van der Waals surface area contributed by atoms with Crippen molar-refractivity contribution in [1.82, 2.24) is 15.4 Å². The lowest BCUT2D eigenvalue weighted by Crippen LogP contribution is -2.53. The Bertz CT molecular complexity index is 543. The van der Waals surface area contributed by atoms with Gasteiger partial charge < -0.3 is 16.4 Å². The number of benzene rings is 1. The molecular formula is C18H30N4O2S2. The summed E-state index contributed by atoms with van der Waals surface area (Å²) in [7, 11) is 1.10. The molecule has 0 saturated heterocycles. The van der Waals surface area contributed by atoms with Gasteiger partial charge in [-0.1, -0.05) is 48.4 Å². The Hall–Kier alpha value is -1.22. The van der Waals surface area contributed by atoms with Gasteiger partial charge in [-0.25, -0.2) is 4.72 Å². The fraction of sp³-hybridized carbons (Fsp3) is 0.556. The van der Waals surface area contributed by atoms with Crippen molar-refractivity contribution in [2.75, 3.05) is 6.54 Å². The molecule has 0 heterocycles. The predicted molar refractivity (Wildman–Crippen MR) is 112 cm³/mol. The maximum Gasteiger partial charge on any atom is 0.243 e. The Balaban J connectivity index is 2.80. The minimum Gasteiger partial charge on any atom is -0.352 e. The number of carbonyl (C=O) groups is 2. The van der Waals surface area contributed by atoms with Crippen molar-refractivity contribution in [3.63, 3.8) is 0 Å². The topological polar surface area (TPSA) is 96.2 Å². The maximum atomic E-state index is 12.7. The molecule has 2 atom stereocenters. The van der Waals surface area contributed by atoms with Crippen LogP contribution in [-0.2, 0) is 16.0 Å². The number of unbranched alkanes of at least 4 members (excludes halogenated alkanes) is 1. The molecule has 1 rings (SSSR count). The highest BCUT2D eigenvalue weighted by Gasteiger charge is 2.25. The normalized spacial score (nSPS) is 13.3. The molecule has 0 aromatic heterocycles. The molecule has 0 saturated carbocycles. The lowest BCUT2D eigenvalue weighted by atomic mass is 10.0. The zero-order valence-corrected chi connectivity index (χ0v) is 17.1. The number of thiol groups is 1. The van der Waals surface area contributed by atoms with Crippen molar-refractivity contribution < 1.29 is 9.59 Å². The molecule has 146 valence electrons. The molecule has 2 amide bonds. The fourth-order valence-electron chi connectivity index (χ4n) is 2.52. The maximum absolute atomic E-state index is 12.7. The second-order valence-electron chi connectivity index (χ2n) is 6.46. The smallest absolute Gasteiger partial charge is 0.243 e. The predicted octanol–water partition coefficient (Wildman–Crippen LogP) is 1.82. The highest BCUT2D eigenvalue weighted by Crippen LogP contribution is 2.09. The van der Waals surface area contributed by atoms with Crippen LogP contribution in [0.3, 0.4) is 0 Å². The van der Waals surface area contributed by atoms with Gasteiger partial charge in [-0.3, -0.25) is 9.59 Å². The van der Waals surface area contributed by atoms with E-state index in [1.165, 1.54) is 0 Å². The number of hydrogen-bond donors (Lipinski definition) is 5. The molecule has 0 aliphatic carbocycles. The molecule has 1 aromatic rings. The van der Waals surface area contributed by atoms with Crippen molar-refractivity contribution in [3.8, 4) is 0 Å². The first-order chi connectivity index (χ1) is 12.5. The van der Waals surface area contributed by atoms with Gasteiger partial charge in [-0.2, -0.15) is 0 Å². The van der Waals surface area contributed by atoms with E-state index in [-0.39, 0.29) is 17.9 Å². The van der Waals surface area contributed by atoms with Crippen LogP contribution < -0.4 is 21.1 Å².